The first-order valence-electron chi connectivity index (χ1n) is 5.72. The van der Waals surface area contributed by atoms with E-state index in [4.69, 9.17) is 10.8 Å². The smallest absolute Gasteiger partial charge is 0.409 e. The summed E-state index contributed by atoms with van der Waals surface area (Å²) in [6, 6.07) is 10.8. The average Bonchev–Trinajstić information content (AvgIpc) is 2.40. The van der Waals surface area contributed by atoms with Crippen molar-refractivity contribution < 1.29 is 14.3 Å². The van der Waals surface area contributed by atoms with Gasteiger partial charge in [-0.25, -0.2) is 9.18 Å². The predicted octanol–water partition coefficient (Wildman–Crippen LogP) is 2.90. The summed E-state index contributed by atoms with van der Waals surface area (Å²) in [5, 5.41) is 10.8. The lowest BCUT2D eigenvalue weighted by Crippen LogP contribution is -2.09. The summed E-state index contributed by atoms with van der Waals surface area (Å²) < 4.78 is 13.4. The van der Waals surface area contributed by atoms with Gasteiger partial charge in [0.15, 0.2) is 0 Å². The number of halogens is 1. The van der Waals surface area contributed by atoms with Gasteiger partial charge in [0.2, 0.25) is 0 Å². The van der Waals surface area contributed by atoms with Crippen molar-refractivity contribution in [2.45, 2.75) is 0 Å². The molecule has 4 N–H and O–H groups in total. The second-order valence-electron chi connectivity index (χ2n) is 3.96. The van der Waals surface area contributed by atoms with Crippen molar-refractivity contribution in [2.24, 2.45) is 0 Å². The molecule has 2 aromatic carbocycles. The molecule has 0 atom stereocenters. The van der Waals surface area contributed by atoms with Crippen LogP contribution in [0.3, 0.4) is 0 Å². The van der Waals surface area contributed by atoms with Gasteiger partial charge < -0.3 is 10.8 Å². The van der Waals surface area contributed by atoms with Crippen LogP contribution in [0.5, 0.6) is 0 Å². The number of carbonyl (C=O) groups is 1. The summed E-state index contributed by atoms with van der Waals surface area (Å²) in [5.74, 6) is 5.09. The maximum absolute atomic E-state index is 13.4. The number of nitrogens with one attached hydrogen (secondary N) is 1. The second kappa shape index (κ2) is 5.76. The first-order valence-corrected chi connectivity index (χ1v) is 5.72. The number of hydrogen-bond donors (Lipinski definition) is 3. The van der Waals surface area contributed by atoms with E-state index >= 15 is 0 Å². The summed E-state index contributed by atoms with van der Waals surface area (Å²) in [7, 11) is 0. The fourth-order valence-electron chi connectivity index (χ4n) is 1.57. The Morgan fingerprint density at radius 3 is 2.60 bits per heavy atom. The highest BCUT2D eigenvalue weighted by Crippen LogP contribution is 2.19. The molecule has 0 saturated carbocycles. The lowest BCUT2D eigenvalue weighted by Gasteiger charge is -2.04. The number of nitrogen functional groups attached to an aromatic ring is 1. The molecule has 0 unspecified atom stereocenters. The van der Waals surface area contributed by atoms with Gasteiger partial charge in [-0.05, 0) is 30.3 Å². The van der Waals surface area contributed by atoms with Gasteiger partial charge in [0.1, 0.15) is 5.82 Å². The molecule has 4 nitrogen and oxygen atoms in total. The van der Waals surface area contributed by atoms with Crippen molar-refractivity contribution in [3.63, 3.8) is 0 Å². The Kier molecular flexibility index (Phi) is 3.87. The Morgan fingerprint density at radius 1 is 1.20 bits per heavy atom. The quantitative estimate of drug-likeness (QED) is 0.551. The average molecular weight is 270 g/mol. The van der Waals surface area contributed by atoms with Crippen LogP contribution in [0, 0.1) is 17.7 Å². The zero-order chi connectivity index (χ0) is 14.5. The SMILES string of the molecule is Nc1cc(C#Cc2ccccc2F)ccc1NC(=O)O. The van der Waals surface area contributed by atoms with E-state index in [0.717, 1.165) is 0 Å². The van der Waals surface area contributed by atoms with Crippen LogP contribution >= 0.6 is 0 Å². The van der Waals surface area contributed by atoms with E-state index in [9.17, 15) is 9.18 Å². The standard InChI is InChI=1S/C15H11FN2O2/c16-12-4-2-1-3-11(12)7-5-10-6-8-14(13(17)9-10)18-15(19)20/h1-4,6,8-9,18H,17H2,(H,19,20). The largest absolute Gasteiger partial charge is 0.465 e. The number of hydrogen-bond acceptors (Lipinski definition) is 2. The summed E-state index contributed by atoms with van der Waals surface area (Å²) in [6.45, 7) is 0. The van der Waals surface area contributed by atoms with Crippen LogP contribution in [0.1, 0.15) is 11.1 Å². The third-order valence-corrected chi connectivity index (χ3v) is 2.51. The first-order chi connectivity index (χ1) is 9.56. The monoisotopic (exact) mass is 270 g/mol. The maximum Gasteiger partial charge on any atom is 0.409 e. The normalized spacial score (nSPS) is 9.45. The highest BCUT2D eigenvalue weighted by atomic mass is 19.1. The number of amides is 1. The summed E-state index contributed by atoms with van der Waals surface area (Å²) in [5.41, 5.74) is 7.11. The number of carboxylic acid groups (broad SMARTS) is 1. The summed E-state index contributed by atoms with van der Waals surface area (Å²) in [4.78, 5) is 10.5. The third kappa shape index (κ3) is 3.27. The first kappa shape index (κ1) is 13.4. The van der Waals surface area contributed by atoms with E-state index in [1.54, 1.807) is 24.3 Å². The number of nitrogens with two attached hydrogens (primary N) is 1. The van der Waals surface area contributed by atoms with Crippen LogP contribution in [-0.4, -0.2) is 11.2 Å². The molecule has 2 rings (SSSR count). The number of anilines is 2. The molecule has 0 aliphatic heterocycles. The van der Waals surface area contributed by atoms with Crippen LogP contribution in [0.25, 0.3) is 0 Å². The van der Waals surface area contributed by atoms with E-state index in [2.05, 4.69) is 17.2 Å². The summed E-state index contributed by atoms with van der Waals surface area (Å²) >= 11 is 0. The molecule has 5 heteroatoms. The number of benzene rings is 2. The van der Waals surface area contributed by atoms with E-state index in [1.807, 2.05) is 0 Å². The Balaban J connectivity index is 2.26. The molecule has 20 heavy (non-hydrogen) atoms. The van der Waals surface area contributed by atoms with E-state index in [-0.39, 0.29) is 11.4 Å². The van der Waals surface area contributed by atoms with Gasteiger partial charge in [-0.2, -0.15) is 0 Å². The Hall–Kier alpha value is -3.00. The molecule has 0 saturated heterocycles. The van der Waals surface area contributed by atoms with E-state index < -0.39 is 11.9 Å². The molecule has 1 amide bonds. The fourth-order valence-corrected chi connectivity index (χ4v) is 1.57. The van der Waals surface area contributed by atoms with Crippen molar-refractivity contribution in [1.82, 2.24) is 0 Å². The van der Waals surface area contributed by atoms with Gasteiger partial charge in [0, 0.05) is 5.56 Å². The molecule has 0 radical (unpaired) electrons. The molecular weight excluding hydrogens is 259 g/mol. The van der Waals surface area contributed by atoms with E-state index in [1.165, 1.54) is 18.2 Å². The van der Waals surface area contributed by atoms with Crippen LogP contribution in [0.4, 0.5) is 20.6 Å². The van der Waals surface area contributed by atoms with Crippen LogP contribution in [0.15, 0.2) is 42.5 Å². The minimum atomic E-state index is -1.19. The van der Waals surface area contributed by atoms with Crippen molar-refractivity contribution in [3.05, 3.63) is 59.4 Å². The zero-order valence-electron chi connectivity index (χ0n) is 10.4. The lowest BCUT2D eigenvalue weighted by molar-refractivity contribution is 0.210. The molecule has 0 spiro atoms. The molecule has 2 aromatic rings. The topological polar surface area (TPSA) is 75.3 Å². The predicted molar refractivity (Wildman–Crippen MR) is 74.9 cm³/mol. The highest BCUT2D eigenvalue weighted by molar-refractivity contribution is 5.87. The molecule has 0 fully saturated rings. The van der Waals surface area contributed by atoms with Crippen molar-refractivity contribution >= 4 is 17.5 Å². The third-order valence-electron chi connectivity index (χ3n) is 2.51. The lowest BCUT2D eigenvalue weighted by atomic mass is 10.1. The zero-order valence-corrected chi connectivity index (χ0v) is 10.4. The van der Waals surface area contributed by atoms with Gasteiger partial charge >= 0.3 is 6.09 Å². The van der Waals surface area contributed by atoms with E-state index in [0.29, 0.717) is 11.1 Å². The molecule has 0 aliphatic carbocycles. The molecule has 0 heterocycles. The van der Waals surface area contributed by atoms with Crippen molar-refractivity contribution in [2.75, 3.05) is 11.1 Å². The molecule has 0 bridgehead atoms. The van der Waals surface area contributed by atoms with Gasteiger partial charge in [0.25, 0.3) is 0 Å². The van der Waals surface area contributed by atoms with Gasteiger partial charge in [0.05, 0.1) is 16.9 Å². The van der Waals surface area contributed by atoms with Gasteiger partial charge in [-0.3, -0.25) is 5.32 Å². The Bertz CT molecular complexity index is 717. The highest BCUT2D eigenvalue weighted by Gasteiger charge is 2.03. The van der Waals surface area contributed by atoms with Crippen LogP contribution in [0.2, 0.25) is 0 Å². The molecular formula is C15H11FN2O2. The van der Waals surface area contributed by atoms with Crippen LogP contribution in [-0.2, 0) is 0 Å². The Morgan fingerprint density at radius 2 is 1.95 bits per heavy atom. The summed E-state index contributed by atoms with van der Waals surface area (Å²) in [6.07, 6.45) is -1.19. The van der Waals surface area contributed by atoms with Crippen molar-refractivity contribution in [3.8, 4) is 11.8 Å². The van der Waals surface area contributed by atoms with Crippen molar-refractivity contribution in [1.29, 1.82) is 0 Å². The maximum atomic E-state index is 13.4. The Labute approximate surface area is 115 Å². The second-order valence-corrected chi connectivity index (χ2v) is 3.96. The molecule has 100 valence electrons. The minimum Gasteiger partial charge on any atom is -0.465 e. The van der Waals surface area contributed by atoms with Gasteiger partial charge in [-0.1, -0.05) is 24.0 Å². The molecule has 0 aliphatic rings. The fraction of sp³-hybridized carbons (Fsp3) is 0. The number of rotatable bonds is 1. The minimum absolute atomic E-state index is 0.257. The molecule has 0 aromatic heterocycles. The van der Waals surface area contributed by atoms with Crippen LogP contribution < -0.4 is 11.1 Å². The van der Waals surface area contributed by atoms with Gasteiger partial charge in [-0.15, -0.1) is 0 Å².